The smallest absolute Gasteiger partial charge is 0.240 e. The lowest BCUT2D eigenvalue weighted by Crippen LogP contribution is -2.35. The van der Waals surface area contributed by atoms with Crippen molar-refractivity contribution in [1.82, 2.24) is 20.2 Å². The van der Waals surface area contributed by atoms with Crippen LogP contribution in [-0.2, 0) is 11.2 Å². The molecule has 1 aliphatic heterocycles. The molecule has 1 amide bonds. The molecule has 1 saturated carbocycles. The Labute approximate surface area is 132 Å². The van der Waals surface area contributed by atoms with Gasteiger partial charge < -0.3 is 4.90 Å². The minimum absolute atomic E-state index is 0.125. The molecule has 6 nitrogen and oxygen atoms in total. The van der Waals surface area contributed by atoms with Crippen molar-refractivity contribution in [1.29, 1.82) is 0 Å². The number of tetrazole rings is 1. The van der Waals surface area contributed by atoms with Crippen LogP contribution >= 0.6 is 11.8 Å². The number of rotatable bonds is 4. The highest BCUT2D eigenvalue weighted by molar-refractivity contribution is 8.00. The highest BCUT2D eigenvalue weighted by atomic mass is 32.2. The van der Waals surface area contributed by atoms with Crippen molar-refractivity contribution in [2.45, 2.75) is 42.6 Å². The Kier molecular flexibility index (Phi) is 3.37. The Morgan fingerprint density at radius 2 is 2.18 bits per heavy atom. The van der Waals surface area contributed by atoms with Crippen molar-refractivity contribution in [3.05, 3.63) is 29.8 Å². The van der Waals surface area contributed by atoms with Crippen LogP contribution in [-0.4, -0.2) is 37.9 Å². The lowest BCUT2D eigenvalue weighted by molar-refractivity contribution is -0.117. The van der Waals surface area contributed by atoms with Gasteiger partial charge in [-0.25, -0.2) is 4.68 Å². The third-order valence-electron chi connectivity index (χ3n) is 4.14. The second-order valence-corrected chi connectivity index (χ2v) is 7.07. The summed E-state index contributed by atoms with van der Waals surface area (Å²) in [5, 5.41) is 12.4. The zero-order valence-corrected chi connectivity index (χ0v) is 13.2. The van der Waals surface area contributed by atoms with E-state index in [-0.39, 0.29) is 11.2 Å². The van der Waals surface area contributed by atoms with Crippen molar-refractivity contribution in [2.75, 3.05) is 11.4 Å². The topological polar surface area (TPSA) is 63.9 Å². The number of amides is 1. The number of aromatic nitrogens is 4. The van der Waals surface area contributed by atoms with E-state index >= 15 is 0 Å². The first-order valence-corrected chi connectivity index (χ1v) is 8.46. The van der Waals surface area contributed by atoms with E-state index in [4.69, 9.17) is 0 Å². The fourth-order valence-corrected chi connectivity index (χ4v) is 3.73. The van der Waals surface area contributed by atoms with Crippen LogP contribution in [0, 0.1) is 0 Å². The van der Waals surface area contributed by atoms with E-state index < -0.39 is 0 Å². The van der Waals surface area contributed by atoms with E-state index in [0.717, 1.165) is 36.7 Å². The molecule has 0 unspecified atom stereocenters. The normalized spacial score (nSPS) is 18.3. The molecule has 0 N–H and O–H groups in total. The summed E-state index contributed by atoms with van der Waals surface area (Å²) >= 11 is 1.45. The minimum Gasteiger partial charge on any atom is -0.311 e. The van der Waals surface area contributed by atoms with Gasteiger partial charge in [0.15, 0.2) is 0 Å². The van der Waals surface area contributed by atoms with Gasteiger partial charge in [-0.05, 0) is 48.2 Å². The summed E-state index contributed by atoms with van der Waals surface area (Å²) in [7, 11) is 0. The Hall–Kier alpha value is -1.89. The van der Waals surface area contributed by atoms with Gasteiger partial charge in [-0.3, -0.25) is 4.79 Å². The highest BCUT2D eigenvalue weighted by Crippen LogP contribution is 2.37. The fourth-order valence-electron chi connectivity index (χ4n) is 2.81. The number of hydrogen-bond donors (Lipinski definition) is 0. The number of carbonyl (C=O) groups is 1. The SMILES string of the molecule is C[C@@H](Sc1nnnn1C1CC1)C(=O)N1CCc2ccccc21. The molecule has 2 aromatic rings. The third kappa shape index (κ3) is 2.39. The van der Waals surface area contributed by atoms with Gasteiger partial charge in [-0.2, -0.15) is 0 Å². The predicted molar refractivity (Wildman–Crippen MR) is 83.9 cm³/mol. The number of nitrogens with zero attached hydrogens (tertiary/aromatic N) is 5. The number of anilines is 1. The number of thioether (sulfide) groups is 1. The van der Waals surface area contributed by atoms with Crippen molar-refractivity contribution < 1.29 is 4.79 Å². The molecule has 1 aliphatic carbocycles. The van der Waals surface area contributed by atoms with Gasteiger partial charge in [0.05, 0.1) is 11.3 Å². The van der Waals surface area contributed by atoms with Crippen LogP contribution < -0.4 is 4.90 Å². The van der Waals surface area contributed by atoms with E-state index in [1.165, 1.54) is 17.3 Å². The standard InChI is InChI=1S/C15H17N5OS/c1-10(22-15-16-17-18-20(15)12-6-7-12)14(21)19-9-8-11-4-2-3-5-13(11)19/h2-5,10,12H,6-9H2,1H3/t10-/m1/s1. The largest absolute Gasteiger partial charge is 0.311 e. The molecule has 0 bridgehead atoms. The predicted octanol–water partition coefficient (Wildman–Crippen LogP) is 2.08. The number of hydrogen-bond acceptors (Lipinski definition) is 5. The van der Waals surface area contributed by atoms with Gasteiger partial charge >= 0.3 is 0 Å². The molecule has 1 fully saturated rings. The Morgan fingerprint density at radius 1 is 1.36 bits per heavy atom. The molecule has 4 rings (SSSR count). The number of benzene rings is 1. The summed E-state index contributed by atoms with van der Waals surface area (Å²) in [5.41, 5.74) is 2.29. The zero-order valence-electron chi connectivity index (χ0n) is 12.3. The molecule has 0 saturated heterocycles. The average Bonchev–Trinajstić information content (AvgIpc) is 3.12. The van der Waals surface area contributed by atoms with Crippen LogP contribution in [0.2, 0.25) is 0 Å². The van der Waals surface area contributed by atoms with Crippen molar-refractivity contribution in [2.24, 2.45) is 0 Å². The molecule has 0 radical (unpaired) electrons. The summed E-state index contributed by atoms with van der Waals surface area (Å²) in [6.45, 7) is 2.69. The first-order valence-electron chi connectivity index (χ1n) is 7.58. The van der Waals surface area contributed by atoms with Crippen LogP contribution in [0.5, 0.6) is 0 Å². The molecule has 2 aliphatic rings. The third-order valence-corrected chi connectivity index (χ3v) is 5.17. The Balaban J connectivity index is 1.50. The van der Waals surface area contributed by atoms with Gasteiger partial charge in [0.1, 0.15) is 0 Å². The maximum absolute atomic E-state index is 12.8. The van der Waals surface area contributed by atoms with Crippen LogP contribution in [0.3, 0.4) is 0 Å². The maximum atomic E-state index is 12.8. The summed E-state index contributed by atoms with van der Waals surface area (Å²) in [5.74, 6) is 0.125. The maximum Gasteiger partial charge on any atom is 0.240 e. The van der Waals surface area contributed by atoms with Crippen molar-refractivity contribution in [3.63, 3.8) is 0 Å². The second-order valence-electron chi connectivity index (χ2n) is 5.77. The average molecular weight is 315 g/mol. The van der Waals surface area contributed by atoms with Crippen LogP contribution in [0.1, 0.15) is 31.4 Å². The fraction of sp³-hybridized carbons (Fsp3) is 0.467. The van der Waals surface area contributed by atoms with Gasteiger partial charge in [0.25, 0.3) is 0 Å². The van der Waals surface area contributed by atoms with Gasteiger partial charge in [0, 0.05) is 12.2 Å². The van der Waals surface area contributed by atoms with Gasteiger partial charge in [-0.15, -0.1) is 5.10 Å². The van der Waals surface area contributed by atoms with Crippen LogP contribution in [0.25, 0.3) is 0 Å². The lowest BCUT2D eigenvalue weighted by atomic mass is 10.2. The van der Waals surface area contributed by atoms with Gasteiger partial charge in [0.2, 0.25) is 11.1 Å². The first-order chi connectivity index (χ1) is 10.7. The quantitative estimate of drug-likeness (QED) is 0.808. The number of para-hydroxylation sites is 1. The highest BCUT2D eigenvalue weighted by Gasteiger charge is 2.32. The number of carbonyl (C=O) groups excluding carboxylic acids is 1. The summed E-state index contributed by atoms with van der Waals surface area (Å²) in [6, 6.07) is 8.54. The molecular formula is C15H17N5OS. The Morgan fingerprint density at radius 3 is 3.00 bits per heavy atom. The van der Waals surface area contributed by atoms with Crippen LogP contribution in [0.4, 0.5) is 5.69 Å². The Bertz CT molecular complexity index is 711. The minimum atomic E-state index is -0.199. The molecule has 22 heavy (non-hydrogen) atoms. The molecule has 1 aromatic carbocycles. The number of fused-ring (bicyclic) bond motifs is 1. The summed E-state index contributed by atoms with van der Waals surface area (Å²) in [6.07, 6.45) is 3.18. The monoisotopic (exact) mass is 315 g/mol. The van der Waals surface area contributed by atoms with E-state index in [0.29, 0.717) is 6.04 Å². The first kappa shape index (κ1) is 13.8. The molecule has 1 atom stereocenters. The van der Waals surface area contributed by atoms with Crippen LogP contribution in [0.15, 0.2) is 29.4 Å². The van der Waals surface area contributed by atoms with E-state index in [1.54, 1.807) is 0 Å². The molecule has 0 spiro atoms. The lowest BCUT2D eigenvalue weighted by Gasteiger charge is -2.21. The molecule has 1 aromatic heterocycles. The molecule has 114 valence electrons. The zero-order chi connectivity index (χ0) is 15.1. The van der Waals surface area contributed by atoms with Crippen molar-refractivity contribution in [3.8, 4) is 0 Å². The van der Waals surface area contributed by atoms with Crippen molar-refractivity contribution >= 4 is 23.4 Å². The van der Waals surface area contributed by atoms with E-state index in [2.05, 4.69) is 21.6 Å². The molecular weight excluding hydrogens is 298 g/mol. The molecule has 2 heterocycles. The van der Waals surface area contributed by atoms with E-state index in [1.807, 2.05) is 34.7 Å². The summed E-state index contributed by atoms with van der Waals surface area (Å²) < 4.78 is 1.85. The summed E-state index contributed by atoms with van der Waals surface area (Å²) in [4.78, 5) is 14.6. The van der Waals surface area contributed by atoms with E-state index in [9.17, 15) is 4.79 Å². The molecule has 7 heteroatoms. The second kappa shape index (κ2) is 5.39. The van der Waals surface area contributed by atoms with Gasteiger partial charge in [-0.1, -0.05) is 30.0 Å².